The summed E-state index contributed by atoms with van der Waals surface area (Å²) in [6.45, 7) is 7.22. The number of rotatable bonds is 5. The first-order valence-electron chi connectivity index (χ1n) is 9.69. The predicted octanol–water partition coefficient (Wildman–Crippen LogP) is 2.90. The van der Waals surface area contributed by atoms with Crippen LogP contribution in [-0.4, -0.2) is 54.2 Å². The van der Waals surface area contributed by atoms with Crippen LogP contribution in [0.25, 0.3) is 0 Å². The molecular weight excluding hydrogens is 338 g/mol. The van der Waals surface area contributed by atoms with Gasteiger partial charge in [-0.2, -0.15) is 0 Å². The summed E-state index contributed by atoms with van der Waals surface area (Å²) < 4.78 is 7.65. The van der Waals surface area contributed by atoms with Crippen LogP contribution in [0.2, 0.25) is 0 Å². The Hall–Kier alpha value is -2.50. The molecule has 2 aromatic rings. The van der Waals surface area contributed by atoms with Gasteiger partial charge in [0.15, 0.2) is 5.96 Å². The highest BCUT2D eigenvalue weighted by Gasteiger charge is 2.28. The number of hydrogen-bond acceptors (Lipinski definition) is 3. The molecule has 0 bridgehead atoms. The van der Waals surface area contributed by atoms with Crippen LogP contribution < -0.4 is 10.1 Å². The molecule has 1 saturated heterocycles. The molecule has 0 amide bonds. The van der Waals surface area contributed by atoms with Crippen molar-refractivity contribution in [2.45, 2.75) is 32.7 Å². The average Bonchev–Trinajstić information content (AvgIpc) is 3.21. The first-order chi connectivity index (χ1) is 13.1. The van der Waals surface area contributed by atoms with Crippen molar-refractivity contribution < 1.29 is 4.74 Å². The number of aromatic nitrogens is 2. The van der Waals surface area contributed by atoms with E-state index in [0.717, 1.165) is 49.7 Å². The van der Waals surface area contributed by atoms with Gasteiger partial charge in [0.05, 0.1) is 19.5 Å². The molecule has 6 heteroatoms. The first kappa shape index (κ1) is 19.3. The van der Waals surface area contributed by atoms with Crippen LogP contribution in [0.5, 0.6) is 5.75 Å². The van der Waals surface area contributed by atoms with E-state index < -0.39 is 0 Å². The number of nitrogens with zero attached hydrogens (tertiary/aromatic N) is 4. The van der Waals surface area contributed by atoms with Gasteiger partial charge in [-0.1, -0.05) is 19.1 Å². The van der Waals surface area contributed by atoms with Gasteiger partial charge in [0, 0.05) is 39.1 Å². The molecule has 2 atom stereocenters. The van der Waals surface area contributed by atoms with E-state index in [9.17, 15) is 0 Å². The zero-order chi connectivity index (χ0) is 19.2. The zero-order valence-corrected chi connectivity index (χ0v) is 16.9. The third kappa shape index (κ3) is 4.62. The van der Waals surface area contributed by atoms with Gasteiger partial charge in [-0.05, 0) is 42.9 Å². The van der Waals surface area contributed by atoms with Gasteiger partial charge in [0.25, 0.3) is 0 Å². The van der Waals surface area contributed by atoms with Crippen molar-refractivity contribution in [2.24, 2.45) is 10.9 Å². The Bertz CT molecular complexity index is 756. The fourth-order valence-corrected chi connectivity index (χ4v) is 3.77. The van der Waals surface area contributed by atoms with Crippen molar-refractivity contribution in [3.05, 3.63) is 48.0 Å². The lowest BCUT2D eigenvalue weighted by atomic mass is 9.93. The number of hydrogen-bond donors (Lipinski definition) is 1. The third-order valence-corrected chi connectivity index (χ3v) is 5.51. The molecule has 0 aliphatic carbocycles. The second kappa shape index (κ2) is 8.93. The van der Waals surface area contributed by atoms with Gasteiger partial charge >= 0.3 is 0 Å². The Morgan fingerprint density at radius 1 is 1.41 bits per heavy atom. The normalized spacial score (nSPS) is 20.6. The first-order valence-corrected chi connectivity index (χ1v) is 9.69. The van der Waals surface area contributed by atoms with Crippen LogP contribution in [-0.2, 0) is 6.42 Å². The standard InChI is InChI=1S/C21H31N5O/c1-16-8-11-25(14-19(16)26-12-10-23-15-26)21(22-3)24-9-7-18-6-5-17(2)20(13-18)27-4/h5-6,10,12-13,15-16,19H,7-9,11,14H2,1-4H3,(H,22,24). The second-order valence-corrected chi connectivity index (χ2v) is 7.32. The fourth-order valence-electron chi connectivity index (χ4n) is 3.77. The molecule has 2 unspecified atom stereocenters. The molecule has 0 saturated carbocycles. The summed E-state index contributed by atoms with van der Waals surface area (Å²) in [5.74, 6) is 2.56. The topological polar surface area (TPSA) is 54.7 Å². The van der Waals surface area contributed by atoms with Crippen LogP contribution in [0.4, 0.5) is 0 Å². The van der Waals surface area contributed by atoms with E-state index in [4.69, 9.17) is 4.74 Å². The van der Waals surface area contributed by atoms with Crippen LogP contribution in [0.1, 0.15) is 30.5 Å². The maximum Gasteiger partial charge on any atom is 0.193 e. The number of imidazole rings is 1. The Morgan fingerprint density at radius 2 is 2.26 bits per heavy atom. The molecule has 146 valence electrons. The van der Waals surface area contributed by atoms with Gasteiger partial charge < -0.3 is 19.5 Å². The van der Waals surface area contributed by atoms with Crippen molar-refractivity contribution in [1.82, 2.24) is 19.8 Å². The Morgan fingerprint density at radius 3 is 2.96 bits per heavy atom. The molecule has 1 N–H and O–H groups in total. The van der Waals surface area contributed by atoms with Crippen molar-refractivity contribution in [3.63, 3.8) is 0 Å². The minimum Gasteiger partial charge on any atom is -0.496 e. The molecule has 1 fully saturated rings. The van der Waals surface area contributed by atoms with Crippen LogP contribution in [0.15, 0.2) is 41.9 Å². The van der Waals surface area contributed by atoms with E-state index in [-0.39, 0.29) is 0 Å². The SMILES string of the molecule is CN=C(NCCc1ccc(C)c(OC)c1)N1CCC(C)C(n2ccnc2)C1. The van der Waals surface area contributed by atoms with Gasteiger partial charge in [-0.25, -0.2) is 4.98 Å². The van der Waals surface area contributed by atoms with Crippen LogP contribution in [0.3, 0.4) is 0 Å². The molecule has 1 aliphatic rings. The van der Waals surface area contributed by atoms with Crippen molar-refractivity contribution in [1.29, 1.82) is 0 Å². The summed E-state index contributed by atoms with van der Waals surface area (Å²) in [5.41, 5.74) is 2.43. The molecule has 1 aliphatic heterocycles. The van der Waals surface area contributed by atoms with E-state index in [2.05, 4.69) is 63.0 Å². The number of nitrogens with one attached hydrogen (secondary N) is 1. The summed E-state index contributed by atoms with van der Waals surface area (Å²) in [6.07, 6.45) is 7.93. The van der Waals surface area contributed by atoms with Gasteiger partial charge in [0.1, 0.15) is 5.75 Å². The van der Waals surface area contributed by atoms with E-state index in [1.54, 1.807) is 7.11 Å². The molecule has 6 nitrogen and oxygen atoms in total. The Labute approximate surface area is 162 Å². The molecule has 1 aromatic carbocycles. The molecule has 3 rings (SSSR count). The monoisotopic (exact) mass is 369 g/mol. The molecule has 2 heterocycles. The van der Waals surface area contributed by atoms with Crippen molar-refractivity contribution >= 4 is 5.96 Å². The molecule has 0 radical (unpaired) electrons. The molecule has 0 spiro atoms. The molecule has 1 aromatic heterocycles. The van der Waals surface area contributed by atoms with Gasteiger partial charge in [0.2, 0.25) is 0 Å². The minimum atomic E-state index is 0.432. The Kier molecular flexibility index (Phi) is 6.37. The van der Waals surface area contributed by atoms with Crippen LogP contribution >= 0.6 is 0 Å². The summed E-state index contributed by atoms with van der Waals surface area (Å²) in [4.78, 5) is 11.1. The summed E-state index contributed by atoms with van der Waals surface area (Å²) in [6, 6.07) is 6.84. The number of likely N-dealkylation sites (tertiary alicyclic amines) is 1. The molecule has 27 heavy (non-hydrogen) atoms. The minimum absolute atomic E-state index is 0.432. The van der Waals surface area contributed by atoms with Gasteiger partial charge in [-0.15, -0.1) is 0 Å². The van der Waals surface area contributed by atoms with Crippen molar-refractivity contribution in [3.8, 4) is 5.75 Å². The highest BCUT2D eigenvalue weighted by molar-refractivity contribution is 5.80. The third-order valence-electron chi connectivity index (χ3n) is 5.51. The highest BCUT2D eigenvalue weighted by atomic mass is 16.5. The van der Waals surface area contributed by atoms with Gasteiger partial charge in [-0.3, -0.25) is 4.99 Å². The summed E-state index contributed by atoms with van der Waals surface area (Å²) >= 11 is 0. The number of ether oxygens (including phenoxy) is 1. The fraction of sp³-hybridized carbons (Fsp3) is 0.524. The number of benzene rings is 1. The number of aryl methyl sites for hydroxylation is 1. The maximum absolute atomic E-state index is 5.43. The Balaban J connectivity index is 1.57. The second-order valence-electron chi connectivity index (χ2n) is 7.32. The lowest BCUT2D eigenvalue weighted by Gasteiger charge is -2.39. The highest BCUT2D eigenvalue weighted by Crippen LogP contribution is 2.27. The van der Waals surface area contributed by atoms with E-state index in [1.165, 1.54) is 5.56 Å². The van der Waals surface area contributed by atoms with E-state index in [1.807, 2.05) is 19.6 Å². The van der Waals surface area contributed by atoms with E-state index in [0.29, 0.717) is 12.0 Å². The predicted molar refractivity (Wildman–Crippen MR) is 109 cm³/mol. The average molecular weight is 370 g/mol. The number of guanidine groups is 1. The zero-order valence-electron chi connectivity index (χ0n) is 16.9. The summed E-state index contributed by atoms with van der Waals surface area (Å²) in [7, 11) is 3.59. The molecular formula is C21H31N5O. The quantitative estimate of drug-likeness (QED) is 0.650. The largest absolute Gasteiger partial charge is 0.496 e. The van der Waals surface area contributed by atoms with E-state index >= 15 is 0 Å². The van der Waals surface area contributed by atoms with Crippen molar-refractivity contribution in [2.75, 3.05) is 33.8 Å². The van der Waals surface area contributed by atoms with Crippen LogP contribution in [0, 0.1) is 12.8 Å². The number of aliphatic imine (C=N–C) groups is 1. The summed E-state index contributed by atoms with van der Waals surface area (Å²) in [5, 5.41) is 3.53. The lowest BCUT2D eigenvalue weighted by Crippen LogP contribution is -2.49. The number of methoxy groups -OCH3 is 1. The smallest absolute Gasteiger partial charge is 0.193 e. The number of piperidine rings is 1. The lowest BCUT2D eigenvalue weighted by molar-refractivity contribution is 0.189. The maximum atomic E-state index is 5.43.